The molecule has 0 bridgehead atoms. The van der Waals surface area contributed by atoms with Crippen LogP contribution in [0.25, 0.3) is 0 Å². The van der Waals surface area contributed by atoms with Crippen molar-refractivity contribution < 1.29 is 14.1 Å². The molecule has 0 amide bonds. The molecule has 0 aromatic carbocycles. The average Bonchev–Trinajstić information content (AvgIpc) is 0.811. The summed E-state index contributed by atoms with van der Waals surface area (Å²) < 4.78 is 8.52. The Morgan fingerprint density at radius 1 is 1.29 bits per heavy atom. The fourth-order valence-corrected chi connectivity index (χ4v) is 0. The molecule has 0 aliphatic heterocycles. The number of hydrogen-bond donors (Lipinski definition) is 0. The van der Waals surface area contributed by atoms with Crippen molar-refractivity contribution in [2.45, 2.75) is 0 Å². The molecule has 0 heterocycles. The quantitative estimate of drug-likeness (QED) is 0.419. The van der Waals surface area contributed by atoms with Gasteiger partial charge in [0.2, 0.25) is 0 Å². The smallest absolute Gasteiger partial charge is 0.672 e. The van der Waals surface area contributed by atoms with Crippen LogP contribution in [0.15, 0.2) is 0 Å². The van der Waals surface area contributed by atoms with Crippen LogP contribution >= 0.6 is 0 Å². The summed E-state index contributed by atoms with van der Waals surface area (Å²) in [5.74, 6) is 0. The maximum Gasteiger partial charge on any atom is 2.00 e. The van der Waals surface area contributed by atoms with E-state index in [1.165, 1.54) is 0 Å². The van der Waals surface area contributed by atoms with Crippen LogP contribution in [0.1, 0.15) is 0 Å². The molecule has 7 heavy (non-hydrogen) atoms. The van der Waals surface area contributed by atoms with Crippen LogP contribution in [0.4, 0.5) is 0 Å². The molecule has 0 atom stereocenters. The summed E-state index contributed by atoms with van der Waals surface area (Å²) >= 11 is 0. The molecule has 3 nitrogen and oxygen atoms in total. The van der Waals surface area contributed by atoms with E-state index in [1.54, 1.807) is 0 Å². The Labute approximate surface area is 109 Å². The van der Waals surface area contributed by atoms with Crippen molar-refractivity contribution in [2.24, 2.45) is 0 Å². The Bertz CT molecular complexity index is 37.9. The summed E-state index contributed by atoms with van der Waals surface area (Å²) in [6.45, 7) is 0. The Morgan fingerprint density at radius 3 is 1.29 bits per heavy atom. The summed E-state index contributed by atoms with van der Waals surface area (Å²) in [6.07, 6.45) is 0. The monoisotopic (exact) mass is 348 g/mol. The molecule has 0 N–H and O–H groups in total. The van der Waals surface area contributed by atoms with Gasteiger partial charge in [0.15, 0.2) is 0 Å². The summed E-state index contributed by atoms with van der Waals surface area (Å²) in [6, 6.07) is 0. The van der Waals surface area contributed by atoms with Crippen LogP contribution < -0.4 is 9.59 Å². The van der Waals surface area contributed by atoms with Gasteiger partial charge >= 0.3 is 60.8 Å². The molecular formula is CaMgO3PbSi+2. The molecule has 4 radical (unpaired) electrons. The summed E-state index contributed by atoms with van der Waals surface area (Å²) in [4.78, 5) is 17.0. The minimum absolute atomic E-state index is 0. The number of rotatable bonds is 0. The second-order valence-corrected chi connectivity index (χ2v) is 0.750. The van der Waals surface area contributed by atoms with Gasteiger partial charge in [-0.2, -0.15) is 0 Å². The van der Waals surface area contributed by atoms with E-state index >= 15 is 0 Å². The molecule has 0 spiro atoms. The van der Waals surface area contributed by atoms with Gasteiger partial charge in [-0.25, -0.2) is 0 Å². The van der Waals surface area contributed by atoms with E-state index in [2.05, 4.69) is 0 Å². The zero-order valence-electron chi connectivity index (χ0n) is 3.64. The minimum Gasteiger partial charge on any atom is -0.672 e. The predicted molar refractivity (Wildman–Crippen MR) is 23.7 cm³/mol. The van der Waals surface area contributed by atoms with Crippen molar-refractivity contribution >= 4 is 97.3 Å². The molecule has 0 aromatic rings. The van der Waals surface area contributed by atoms with Crippen LogP contribution in [-0.2, 0) is 4.46 Å². The van der Waals surface area contributed by atoms with E-state index in [4.69, 9.17) is 14.1 Å². The van der Waals surface area contributed by atoms with Crippen molar-refractivity contribution in [3.8, 4) is 0 Å². The molecule has 0 fully saturated rings. The van der Waals surface area contributed by atoms with Gasteiger partial charge < -0.3 is 14.1 Å². The van der Waals surface area contributed by atoms with Gasteiger partial charge in [-0.1, -0.05) is 0 Å². The van der Waals surface area contributed by atoms with Crippen LogP contribution in [-0.4, -0.2) is 97.3 Å². The molecule has 0 saturated carbocycles. The van der Waals surface area contributed by atoms with Crippen LogP contribution in [0.2, 0.25) is 0 Å². The van der Waals surface area contributed by atoms with Gasteiger partial charge in [0.1, 0.15) is 0 Å². The zero-order valence-corrected chi connectivity index (χ0v) is 12.1. The van der Waals surface area contributed by atoms with Crippen molar-refractivity contribution in [2.75, 3.05) is 0 Å². The third-order valence-corrected chi connectivity index (χ3v) is 0. The fourth-order valence-electron chi connectivity index (χ4n) is 0. The first-order valence-electron chi connectivity index (χ1n) is 0.612. The third-order valence-electron chi connectivity index (χ3n) is 0. The SMILES string of the molecule is O=[Si]([O-])[O-].[Ca+2].[Mg+2].[Pb]. The topological polar surface area (TPSA) is 63.2 Å². The van der Waals surface area contributed by atoms with Gasteiger partial charge in [0.05, 0.1) is 0 Å². The number of hydrogen-bond acceptors (Lipinski definition) is 3. The van der Waals surface area contributed by atoms with Crippen molar-refractivity contribution in [3.05, 3.63) is 0 Å². The van der Waals surface area contributed by atoms with Crippen molar-refractivity contribution in [1.29, 1.82) is 0 Å². The van der Waals surface area contributed by atoms with E-state index in [0.29, 0.717) is 0 Å². The fraction of sp³-hybridized carbons (Fsp3) is 0. The molecule has 0 aliphatic carbocycles. The maximum absolute atomic E-state index is 8.52. The second kappa shape index (κ2) is 15.8. The first-order chi connectivity index (χ1) is 1.73. The molecule has 0 aromatic heterocycles. The Morgan fingerprint density at radius 2 is 1.29 bits per heavy atom. The predicted octanol–water partition coefficient (Wildman–Crippen LogP) is -4.02. The molecular weight excluding hydrogens is 348 g/mol. The van der Waals surface area contributed by atoms with Crippen LogP contribution in [0.5, 0.6) is 0 Å². The van der Waals surface area contributed by atoms with Gasteiger partial charge in [-0.15, -0.1) is 0 Å². The normalized spacial score (nSPS) is 3.43. The summed E-state index contributed by atoms with van der Waals surface area (Å²) in [5, 5.41) is 0. The van der Waals surface area contributed by atoms with E-state index < -0.39 is 9.17 Å². The Hall–Kier alpha value is 2.56. The van der Waals surface area contributed by atoms with Gasteiger partial charge in [0.25, 0.3) is 0 Å². The Balaban J connectivity index is -0.0000000150. The molecule has 7 heteroatoms. The third kappa shape index (κ3) is 56.1. The van der Waals surface area contributed by atoms with E-state index in [1.807, 2.05) is 0 Å². The molecule has 0 unspecified atom stereocenters. The molecule has 0 rings (SSSR count). The maximum atomic E-state index is 8.52. The zero-order chi connectivity index (χ0) is 3.58. The first-order valence-corrected chi connectivity index (χ1v) is 1.84. The molecule has 0 aliphatic rings. The standard InChI is InChI=1S/Ca.Mg.O3Si.Pb/c;;1-4(2)3;/q2*+2;-2;. The van der Waals surface area contributed by atoms with Crippen LogP contribution in [0.3, 0.4) is 0 Å². The summed E-state index contributed by atoms with van der Waals surface area (Å²) in [5.41, 5.74) is 0. The summed E-state index contributed by atoms with van der Waals surface area (Å²) in [7, 11) is -3.63. The molecule has 28 valence electrons. The van der Waals surface area contributed by atoms with E-state index in [0.717, 1.165) is 0 Å². The molecule has 0 saturated heterocycles. The van der Waals surface area contributed by atoms with Gasteiger partial charge in [0, 0.05) is 36.5 Å². The largest absolute Gasteiger partial charge is 2.00 e. The van der Waals surface area contributed by atoms with E-state index in [9.17, 15) is 0 Å². The van der Waals surface area contributed by atoms with E-state index in [-0.39, 0.29) is 88.1 Å². The van der Waals surface area contributed by atoms with Crippen molar-refractivity contribution in [1.82, 2.24) is 0 Å². The van der Waals surface area contributed by atoms with Crippen LogP contribution in [0, 0.1) is 0 Å². The second-order valence-electron chi connectivity index (χ2n) is 0.250. The van der Waals surface area contributed by atoms with Gasteiger partial charge in [-0.05, 0) is 0 Å². The van der Waals surface area contributed by atoms with Gasteiger partial charge in [-0.3, -0.25) is 0 Å². The minimum atomic E-state index is -3.63. The van der Waals surface area contributed by atoms with Crippen molar-refractivity contribution in [3.63, 3.8) is 0 Å². The Kier molecular flexibility index (Phi) is 51.2. The first kappa shape index (κ1) is 22.7. The average molecular weight is 348 g/mol.